The molecule has 1 aliphatic heterocycles. The zero-order valence-corrected chi connectivity index (χ0v) is 13.6. The highest BCUT2D eigenvalue weighted by Crippen LogP contribution is 2.18. The highest BCUT2D eigenvalue weighted by Gasteiger charge is 2.37. The van der Waals surface area contributed by atoms with E-state index >= 15 is 0 Å². The molecule has 1 aliphatic rings. The molecule has 0 bridgehead atoms. The number of carbonyl (C=O) groups is 1. The van der Waals surface area contributed by atoms with E-state index in [0.717, 1.165) is 10.2 Å². The van der Waals surface area contributed by atoms with Crippen LogP contribution in [0.3, 0.4) is 0 Å². The molecule has 0 aliphatic carbocycles. The molecular formula is C12H14BrClN2O3S. The smallest absolute Gasteiger partial charge is 0.239 e. The first-order valence-corrected chi connectivity index (χ1v) is 9.04. The van der Waals surface area contributed by atoms with Gasteiger partial charge in [-0.2, -0.15) is 0 Å². The van der Waals surface area contributed by atoms with Gasteiger partial charge in [0.15, 0.2) is 9.84 Å². The van der Waals surface area contributed by atoms with Crippen LogP contribution >= 0.6 is 27.5 Å². The van der Waals surface area contributed by atoms with E-state index in [1.54, 1.807) is 0 Å². The average Bonchev–Trinajstić information content (AvgIpc) is 2.61. The number of alkyl halides is 1. The van der Waals surface area contributed by atoms with E-state index in [1.165, 1.54) is 0 Å². The fraction of sp³-hybridized carbons (Fsp3) is 0.417. The Balaban J connectivity index is 1.83. The normalized spacial score (nSPS) is 24.3. The molecule has 5 nitrogen and oxygen atoms in total. The van der Waals surface area contributed by atoms with Gasteiger partial charge in [-0.05, 0) is 24.3 Å². The van der Waals surface area contributed by atoms with Crippen LogP contribution in [0.5, 0.6) is 0 Å². The lowest BCUT2D eigenvalue weighted by Gasteiger charge is -2.15. The van der Waals surface area contributed by atoms with Crippen molar-refractivity contribution >= 4 is 49.0 Å². The third kappa shape index (κ3) is 4.36. The van der Waals surface area contributed by atoms with Crippen molar-refractivity contribution in [3.8, 4) is 0 Å². The average molecular weight is 382 g/mol. The monoisotopic (exact) mass is 380 g/mol. The van der Waals surface area contributed by atoms with Gasteiger partial charge in [0.2, 0.25) is 5.91 Å². The van der Waals surface area contributed by atoms with Crippen molar-refractivity contribution in [2.45, 2.75) is 11.4 Å². The fourth-order valence-electron chi connectivity index (χ4n) is 1.94. The highest BCUT2D eigenvalue weighted by molar-refractivity contribution is 9.10. The maximum absolute atomic E-state index is 11.8. The van der Waals surface area contributed by atoms with Gasteiger partial charge in [0.1, 0.15) is 0 Å². The molecule has 1 aromatic rings. The number of rotatable bonds is 4. The van der Waals surface area contributed by atoms with E-state index in [4.69, 9.17) is 11.6 Å². The third-order valence-corrected chi connectivity index (χ3v) is 5.83. The summed E-state index contributed by atoms with van der Waals surface area (Å²) >= 11 is 9.24. The molecule has 1 fully saturated rings. The Kier molecular flexibility index (Phi) is 4.93. The van der Waals surface area contributed by atoms with Gasteiger partial charge in [0, 0.05) is 10.2 Å². The SMILES string of the molecule is O=C(CNc1ccc(Br)cc1)N[C@H]1CS(=O)(=O)C[C@H]1Cl. The quantitative estimate of drug-likeness (QED) is 0.773. The number of benzene rings is 1. The summed E-state index contributed by atoms with van der Waals surface area (Å²) in [5, 5.41) is 5.04. The van der Waals surface area contributed by atoms with E-state index < -0.39 is 21.3 Å². The molecule has 0 radical (unpaired) electrons. The van der Waals surface area contributed by atoms with E-state index in [1.807, 2.05) is 24.3 Å². The summed E-state index contributed by atoms with van der Waals surface area (Å²) in [7, 11) is -3.13. The first kappa shape index (κ1) is 15.6. The maximum Gasteiger partial charge on any atom is 0.239 e. The molecular weight excluding hydrogens is 368 g/mol. The molecule has 1 aromatic carbocycles. The Hall–Kier alpha value is -0.790. The summed E-state index contributed by atoms with van der Waals surface area (Å²) in [5.41, 5.74) is 0.810. The minimum Gasteiger partial charge on any atom is -0.376 e. The second-order valence-corrected chi connectivity index (χ2v) is 8.26. The predicted octanol–water partition coefficient (Wildman–Crippen LogP) is 1.38. The highest BCUT2D eigenvalue weighted by atomic mass is 79.9. The van der Waals surface area contributed by atoms with Crippen molar-refractivity contribution in [1.82, 2.24) is 5.32 Å². The van der Waals surface area contributed by atoms with Crippen molar-refractivity contribution in [3.05, 3.63) is 28.7 Å². The van der Waals surface area contributed by atoms with Crippen molar-refractivity contribution in [3.63, 3.8) is 0 Å². The molecule has 0 saturated carbocycles. The summed E-state index contributed by atoms with van der Waals surface area (Å²) < 4.78 is 23.7. The van der Waals surface area contributed by atoms with Crippen LogP contribution in [0.25, 0.3) is 0 Å². The summed E-state index contributed by atoms with van der Waals surface area (Å²) in [6.45, 7) is 0.0712. The van der Waals surface area contributed by atoms with Gasteiger partial charge in [-0.25, -0.2) is 8.42 Å². The number of hydrogen-bond acceptors (Lipinski definition) is 4. The zero-order chi connectivity index (χ0) is 14.8. The Morgan fingerprint density at radius 2 is 1.95 bits per heavy atom. The number of sulfone groups is 1. The van der Waals surface area contributed by atoms with E-state index in [9.17, 15) is 13.2 Å². The van der Waals surface area contributed by atoms with Crippen molar-refractivity contribution in [2.75, 3.05) is 23.4 Å². The number of halogens is 2. The van der Waals surface area contributed by atoms with Crippen LogP contribution in [-0.2, 0) is 14.6 Å². The summed E-state index contributed by atoms with van der Waals surface area (Å²) in [6.07, 6.45) is 0. The van der Waals surface area contributed by atoms with Crippen molar-refractivity contribution in [2.24, 2.45) is 0 Å². The van der Waals surface area contributed by atoms with Crippen LogP contribution < -0.4 is 10.6 Å². The second-order valence-electron chi connectivity index (χ2n) is 4.63. The molecule has 1 heterocycles. The van der Waals surface area contributed by atoms with E-state index in [-0.39, 0.29) is 24.0 Å². The summed E-state index contributed by atoms with van der Waals surface area (Å²) in [4.78, 5) is 11.8. The summed E-state index contributed by atoms with van der Waals surface area (Å²) in [5.74, 6) is -0.453. The molecule has 20 heavy (non-hydrogen) atoms. The van der Waals surface area contributed by atoms with Gasteiger partial charge in [0.25, 0.3) is 0 Å². The number of nitrogens with one attached hydrogen (secondary N) is 2. The lowest BCUT2D eigenvalue weighted by atomic mass is 10.2. The minimum atomic E-state index is -3.13. The molecule has 110 valence electrons. The van der Waals surface area contributed by atoms with Gasteiger partial charge in [-0.1, -0.05) is 15.9 Å². The topological polar surface area (TPSA) is 75.3 Å². The largest absolute Gasteiger partial charge is 0.376 e. The van der Waals surface area contributed by atoms with Gasteiger partial charge in [-0.3, -0.25) is 4.79 Å². The molecule has 1 amide bonds. The van der Waals surface area contributed by atoms with Crippen LogP contribution in [0, 0.1) is 0 Å². The Morgan fingerprint density at radius 1 is 1.30 bits per heavy atom. The lowest BCUT2D eigenvalue weighted by molar-refractivity contribution is -0.119. The van der Waals surface area contributed by atoms with Crippen LogP contribution in [0.1, 0.15) is 0 Å². The molecule has 2 rings (SSSR count). The van der Waals surface area contributed by atoms with Crippen LogP contribution in [0.4, 0.5) is 5.69 Å². The molecule has 0 aromatic heterocycles. The van der Waals surface area contributed by atoms with Crippen molar-refractivity contribution in [1.29, 1.82) is 0 Å². The Morgan fingerprint density at radius 3 is 2.50 bits per heavy atom. The maximum atomic E-state index is 11.8. The van der Waals surface area contributed by atoms with Crippen LogP contribution in [-0.4, -0.2) is 43.8 Å². The standard InChI is InChI=1S/C12H14BrClN2O3S/c13-8-1-3-9(4-2-8)15-5-12(17)16-11-7-20(18,19)6-10(11)14/h1-4,10-11,15H,5-7H2,(H,16,17)/t10-,11+/m1/s1. The molecule has 2 atom stereocenters. The molecule has 0 unspecified atom stereocenters. The third-order valence-electron chi connectivity index (χ3n) is 2.93. The first-order valence-electron chi connectivity index (χ1n) is 5.99. The van der Waals surface area contributed by atoms with Gasteiger partial charge < -0.3 is 10.6 Å². The molecule has 8 heteroatoms. The van der Waals surface area contributed by atoms with Gasteiger partial charge >= 0.3 is 0 Å². The first-order chi connectivity index (χ1) is 9.35. The Bertz CT molecular complexity index is 591. The number of carbonyl (C=O) groups excluding carboxylic acids is 1. The number of amides is 1. The number of anilines is 1. The molecule has 0 spiro atoms. The summed E-state index contributed by atoms with van der Waals surface area (Å²) in [6, 6.07) is 6.88. The fourth-order valence-corrected chi connectivity index (χ4v) is 4.76. The molecule has 1 saturated heterocycles. The van der Waals surface area contributed by atoms with Gasteiger partial charge in [-0.15, -0.1) is 11.6 Å². The minimum absolute atomic E-state index is 0.0712. The van der Waals surface area contributed by atoms with E-state index in [2.05, 4.69) is 26.6 Å². The Labute approximate surface area is 131 Å². The van der Waals surface area contributed by atoms with E-state index in [0.29, 0.717) is 0 Å². The predicted molar refractivity (Wildman–Crippen MR) is 82.9 cm³/mol. The molecule has 2 N–H and O–H groups in total. The number of hydrogen-bond donors (Lipinski definition) is 2. The van der Waals surface area contributed by atoms with Crippen molar-refractivity contribution < 1.29 is 13.2 Å². The van der Waals surface area contributed by atoms with Gasteiger partial charge in [0.05, 0.1) is 29.5 Å². The van der Waals surface area contributed by atoms with Crippen LogP contribution in [0.15, 0.2) is 28.7 Å². The second kappa shape index (κ2) is 6.32. The van der Waals surface area contributed by atoms with Crippen LogP contribution in [0.2, 0.25) is 0 Å². The zero-order valence-electron chi connectivity index (χ0n) is 10.5. The lowest BCUT2D eigenvalue weighted by Crippen LogP contribution is -2.43.